The fourth-order valence-electron chi connectivity index (χ4n) is 3.63. The lowest BCUT2D eigenvalue weighted by molar-refractivity contribution is 0.0699. The van der Waals surface area contributed by atoms with E-state index in [1.54, 1.807) is 30.6 Å². The number of para-hydroxylation sites is 1. The second-order valence-electron chi connectivity index (χ2n) is 6.87. The molecular formula is C21H17N7O2. The highest BCUT2D eigenvalue weighted by atomic mass is 16.4. The van der Waals surface area contributed by atoms with Crippen molar-refractivity contribution in [2.75, 3.05) is 11.1 Å². The van der Waals surface area contributed by atoms with Crippen molar-refractivity contribution in [2.45, 2.75) is 6.54 Å². The van der Waals surface area contributed by atoms with Crippen molar-refractivity contribution in [1.29, 1.82) is 0 Å². The summed E-state index contributed by atoms with van der Waals surface area (Å²) in [6.45, 7) is 0.559. The summed E-state index contributed by atoms with van der Waals surface area (Å²) in [4.78, 5) is 23.0. The normalized spacial score (nSPS) is 12.4. The minimum Gasteiger partial charge on any atom is -0.478 e. The molecule has 1 aliphatic rings. The van der Waals surface area contributed by atoms with E-state index in [-0.39, 0.29) is 11.5 Å². The molecule has 0 atom stereocenters. The number of aromatic amines is 1. The average Bonchev–Trinajstić information content (AvgIpc) is 3.17. The van der Waals surface area contributed by atoms with Gasteiger partial charge in [-0.3, -0.25) is 0 Å². The molecule has 9 heteroatoms. The first kappa shape index (κ1) is 17.7. The number of anilines is 3. The Bertz CT molecular complexity index is 1330. The Morgan fingerprint density at radius 1 is 1.20 bits per heavy atom. The summed E-state index contributed by atoms with van der Waals surface area (Å²) >= 11 is 0. The van der Waals surface area contributed by atoms with E-state index in [0.717, 1.165) is 33.5 Å². The first-order valence-corrected chi connectivity index (χ1v) is 9.22. The largest absolute Gasteiger partial charge is 0.478 e. The van der Waals surface area contributed by atoms with Crippen molar-refractivity contribution in [2.24, 2.45) is 5.10 Å². The van der Waals surface area contributed by atoms with Crippen molar-refractivity contribution < 1.29 is 9.90 Å². The Morgan fingerprint density at radius 3 is 2.93 bits per heavy atom. The Kier molecular flexibility index (Phi) is 4.06. The fraction of sp³-hybridized carbons (Fsp3) is 0.0476. The molecule has 9 nitrogen and oxygen atoms in total. The molecule has 30 heavy (non-hydrogen) atoms. The molecule has 0 bridgehead atoms. The van der Waals surface area contributed by atoms with Crippen LogP contribution in [0.15, 0.2) is 53.8 Å². The number of aromatic carboxylic acids is 1. The number of H-pyrrole nitrogens is 1. The van der Waals surface area contributed by atoms with Crippen LogP contribution >= 0.6 is 0 Å². The lowest BCUT2D eigenvalue weighted by Gasteiger charge is -2.18. The first-order valence-electron chi connectivity index (χ1n) is 9.22. The van der Waals surface area contributed by atoms with Gasteiger partial charge in [-0.15, -0.1) is 0 Å². The number of carbonyl (C=O) groups is 1. The van der Waals surface area contributed by atoms with E-state index in [0.29, 0.717) is 17.9 Å². The number of aromatic nitrogens is 3. The van der Waals surface area contributed by atoms with E-state index < -0.39 is 5.97 Å². The third-order valence-corrected chi connectivity index (χ3v) is 4.96. The molecule has 2 aromatic heterocycles. The van der Waals surface area contributed by atoms with Gasteiger partial charge in [0.05, 0.1) is 23.8 Å². The van der Waals surface area contributed by atoms with Crippen molar-refractivity contribution in [3.63, 3.8) is 0 Å². The number of fused-ring (bicyclic) bond motifs is 2. The zero-order valence-corrected chi connectivity index (χ0v) is 15.7. The van der Waals surface area contributed by atoms with E-state index in [1.807, 2.05) is 24.3 Å². The maximum absolute atomic E-state index is 11.6. The Morgan fingerprint density at radius 2 is 2.10 bits per heavy atom. The predicted molar refractivity (Wildman–Crippen MR) is 115 cm³/mol. The quantitative estimate of drug-likeness (QED) is 0.355. The van der Waals surface area contributed by atoms with Crippen LogP contribution in [0.1, 0.15) is 21.5 Å². The standard InChI is InChI=1S/C21H17N7O2/c22-21-23-5-4-18(28-21)26-13-6-12-9-24-25-10-16(12)15(8-13)17-7-11-2-1-3-14(20(29)30)19(11)27-17/h1-9,25,27H,10H2,(H,29,30)(H3,22,23,26,28). The van der Waals surface area contributed by atoms with Crippen LogP contribution in [-0.2, 0) is 6.54 Å². The highest BCUT2D eigenvalue weighted by Gasteiger charge is 2.18. The molecule has 0 fully saturated rings. The van der Waals surface area contributed by atoms with Gasteiger partial charge in [-0.1, -0.05) is 12.1 Å². The van der Waals surface area contributed by atoms with Crippen molar-refractivity contribution in [1.82, 2.24) is 20.4 Å². The molecule has 0 aliphatic carbocycles. The first-order chi connectivity index (χ1) is 14.6. The minimum absolute atomic E-state index is 0.181. The number of hydrogen-bond donors (Lipinski definition) is 5. The number of rotatable bonds is 4. The number of carboxylic acids is 1. The minimum atomic E-state index is -0.971. The third-order valence-electron chi connectivity index (χ3n) is 4.96. The van der Waals surface area contributed by atoms with Crippen LogP contribution in [0.4, 0.5) is 17.5 Å². The smallest absolute Gasteiger partial charge is 0.337 e. The molecule has 5 rings (SSSR count). The Hall–Kier alpha value is -4.40. The van der Waals surface area contributed by atoms with Gasteiger partial charge in [0.15, 0.2) is 0 Å². The average molecular weight is 399 g/mol. The number of benzene rings is 2. The maximum atomic E-state index is 11.6. The summed E-state index contributed by atoms with van der Waals surface area (Å²) in [6, 6.07) is 12.9. The van der Waals surface area contributed by atoms with Gasteiger partial charge >= 0.3 is 5.97 Å². The SMILES string of the molecule is Nc1nccc(Nc2cc3c(c(-c4cc5cccc(C(=O)O)c5[nH]4)c2)CNN=C3)n1. The monoisotopic (exact) mass is 399 g/mol. The van der Waals surface area contributed by atoms with Crippen LogP contribution in [0.5, 0.6) is 0 Å². The van der Waals surface area contributed by atoms with Gasteiger partial charge in [0.1, 0.15) is 5.82 Å². The van der Waals surface area contributed by atoms with Crippen LogP contribution in [0.2, 0.25) is 0 Å². The number of nitrogens with zero attached hydrogens (tertiary/aromatic N) is 3. The van der Waals surface area contributed by atoms with E-state index >= 15 is 0 Å². The molecule has 0 unspecified atom stereocenters. The summed E-state index contributed by atoms with van der Waals surface area (Å²) in [5, 5.41) is 17.7. The molecule has 3 heterocycles. The molecule has 0 amide bonds. The summed E-state index contributed by atoms with van der Waals surface area (Å²) in [7, 11) is 0. The van der Waals surface area contributed by atoms with Crippen LogP contribution < -0.4 is 16.5 Å². The molecular weight excluding hydrogens is 382 g/mol. The van der Waals surface area contributed by atoms with Gasteiger partial charge in [-0.05, 0) is 35.9 Å². The van der Waals surface area contributed by atoms with Gasteiger partial charge in [-0.2, -0.15) is 10.1 Å². The zero-order valence-electron chi connectivity index (χ0n) is 15.7. The lowest BCUT2D eigenvalue weighted by Crippen LogP contribution is -2.15. The van der Waals surface area contributed by atoms with Gasteiger partial charge in [0, 0.05) is 34.1 Å². The second kappa shape index (κ2) is 6.89. The number of hydrogen-bond acceptors (Lipinski definition) is 7. The molecule has 6 N–H and O–H groups in total. The number of hydrazone groups is 1. The van der Waals surface area contributed by atoms with Crippen LogP contribution in [-0.4, -0.2) is 32.2 Å². The topological polar surface area (TPSA) is 141 Å². The number of nitrogen functional groups attached to an aromatic ring is 1. The molecule has 0 saturated heterocycles. The van der Waals surface area contributed by atoms with Crippen LogP contribution in [0.3, 0.4) is 0 Å². The third kappa shape index (κ3) is 3.08. The molecule has 148 valence electrons. The van der Waals surface area contributed by atoms with Crippen LogP contribution in [0.25, 0.3) is 22.2 Å². The van der Waals surface area contributed by atoms with Gasteiger partial charge in [-0.25, -0.2) is 9.78 Å². The predicted octanol–water partition coefficient (Wildman–Crippen LogP) is 3.09. The van der Waals surface area contributed by atoms with Crippen molar-refractivity contribution >= 4 is 40.5 Å². The number of carboxylic acid groups (broad SMARTS) is 1. The van der Waals surface area contributed by atoms with Gasteiger partial charge in [0.25, 0.3) is 0 Å². The van der Waals surface area contributed by atoms with Gasteiger partial charge in [0.2, 0.25) is 5.95 Å². The van der Waals surface area contributed by atoms with Crippen molar-refractivity contribution in [3.05, 3.63) is 65.4 Å². The maximum Gasteiger partial charge on any atom is 0.337 e. The molecule has 2 aromatic carbocycles. The van der Waals surface area contributed by atoms with Gasteiger partial charge < -0.3 is 26.6 Å². The van der Waals surface area contributed by atoms with E-state index in [9.17, 15) is 9.90 Å². The summed E-state index contributed by atoms with van der Waals surface area (Å²) in [5.41, 5.74) is 14.1. The summed E-state index contributed by atoms with van der Waals surface area (Å²) in [5.74, 6) is -0.216. The molecule has 4 aromatic rings. The van der Waals surface area contributed by atoms with E-state index in [2.05, 4.69) is 30.8 Å². The summed E-state index contributed by atoms with van der Waals surface area (Å²) in [6.07, 6.45) is 3.34. The second-order valence-corrected chi connectivity index (χ2v) is 6.87. The Balaban J connectivity index is 1.66. The van der Waals surface area contributed by atoms with Crippen LogP contribution in [0, 0.1) is 0 Å². The highest BCUT2D eigenvalue weighted by molar-refractivity contribution is 6.04. The van der Waals surface area contributed by atoms with E-state index in [1.165, 1.54) is 0 Å². The highest BCUT2D eigenvalue weighted by Crippen LogP contribution is 2.34. The molecule has 1 aliphatic heterocycles. The van der Waals surface area contributed by atoms with Crippen molar-refractivity contribution in [3.8, 4) is 11.3 Å². The Labute approximate surface area is 170 Å². The molecule has 0 saturated carbocycles. The number of nitrogens with two attached hydrogens (primary N) is 1. The molecule has 0 radical (unpaired) electrons. The van der Waals surface area contributed by atoms with E-state index in [4.69, 9.17) is 5.73 Å². The fourth-order valence-corrected chi connectivity index (χ4v) is 3.63. The molecule has 0 spiro atoms. The summed E-state index contributed by atoms with van der Waals surface area (Å²) < 4.78 is 0. The zero-order chi connectivity index (χ0) is 20.7. The lowest BCUT2D eigenvalue weighted by atomic mass is 9.97. The number of nitrogens with one attached hydrogen (secondary N) is 3.